The average molecular weight is 546 g/mol. The molecule has 1 N–H and O–H groups in total. The SMILES string of the molecule is CC[C@H]1C[C@H]2[C@H](CC(CS(=O)(=O)c3ccc(Cl)cc3)C3c4c(F)ccc(F)c4OC[C@@H]32)NS1(=O)=O. The molecule has 11 heteroatoms. The largest absolute Gasteiger partial charge is 0.490 e. The van der Waals surface area contributed by atoms with Crippen molar-refractivity contribution in [1.29, 1.82) is 0 Å². The van der Waals surface area contributed by atoms with Gasteiger partial charge in [0.1, 0.15) is 5.82 Å². The van der Waals surface area contributed by atoms with Gasteiger partial charge in [0.15, 0.2) is 21.4 Å². The number of hydrogen-bond acceptors (Lipinski definition) is 5. The molecule has 6 nitrogen and oxygen atoms in total. The molecule has 2 heterocycles. The number of nitrogens with one attached hydrogen (secondary N) is 1. The van der Waals surface area contributed by atoms with Gasteiger partial charge in [-0.05, 0) is 67.5 Å². The highest BCUT2D eigenvalue weighted by Gasteiger charge is 2.54. The smallest absolute Gasteiger partial charge is 0.214 e. The molecule has 2 fully saturated rings. The molecule has 0 radical (unpaired) electrons. The fourth-order valence-electron chi connectivity index (χ4n) is 6.21. The highest BCUT2D eigenvalue weighted by Crippen LogP contribution is 2.54. The summed E-state index contributed by atoms with van der Waals surface area (Å²) >= 11 is 5.91. The summed E-state index contributed by atoms with van der Waals surface area (Å²) in [5.74, 6) is -3.68. The molecule has 190 valence electrons. The van der Waals surface area contributed by atoms with E-state index in [1.54, 1.807) is 6.92 Å². The number of ether oxygens (including phenoxy) is 1. The molecule has 2 unspecified atom stereocenters. The molecule has 2 aromatic carbocycles. The summed E-state index contributed by atoms with van der Waals surface area (Å²) in [4.78, 5) is 0.0721. The molecule has 0 bridgehead atoms. The Morgan fingerprint density at radius 1 is 1.06 bits per heavy atom. The van der Waals surface area contributed by atoms with Crippen LogP contribution in [0.5, 0.6) is 5.75 Å². The highest BCUT2D eigenvalue weighted by atomic mass is 35.5. The Hall–Kier alpha value is -1.75. The van der Waals surface area contributed by atoms with Crippen LogP contribution in [0.3, 0.4) is 0 Å². The van der Waals surface area contributed by atoms with Crippen molar-refractivity contribution in [2.75, 3.05) is 12.4 Å². The summed E-state index contributed by atoms with van der Waals surface area (Å²) in [7, 11) is -7.40. The lowest BCUT2D eigenvalue weighted by atomic mass is 9.60. The average Bonchev–Trinajstić information content (AvgIpc) is 2.80. The fraction of sp³-hybridized carbons (Fsp3) is 0.500. The molecule has 1 aliphatic carbocycles. The van der Waals surface area contributed by atoms with Crippen LogP contribution in [-0.2, 0) is 19.9 Å². The second-order valence-electron chi connectivity index (χ2n) is 9.70. The minimum absolute atomic E-state index is 0.0532. The first-order chi connectivity index (χ1) is 16.5. The van der Waals surface area contributed by atoms with Crippen molar-refractivity contribution in [2.45, 2.75) is 48.3 Å². The van der Waals surface area contributed by atoms with Gasteiger partial charge in [-0.15, -0.1) is 0 Å². The maximum Gasteiger partial charge on any atom is 0.214 e. The lowest BCUT2D eigenvalue weighted by Gasteiger charge is -2.52. The molecular formula is C24H26ClF2NO5S2. The van der Waals surface area contributed by atoms with Crippen molar-refractivity contribution in [3.05, 3.63) is 58.6 Å². The zero-order chi connectivity index (χ0) is 25.1. The van der Waals surface area contributed by atoms with Crippen molar-refractivity contribution in [2.24, 2.45) is 17.8 Å². The Morgan fingerprint density at radius 2 is 1.74 bits per heavy atom. The van der Waals surface area contributed by atoms with Gasteiger partial charge in [-0.3, -0.25) is 0 Å². The molecule has 3 aliphatic rings. The number of halogens is 3. The van der Waals surface area contributed by atoms with Crippen molar-refractivity contribution < 1.29 is 30.4 Å². The van der Waals surface area contributed by atoms with Crippen LogP contribution in [-0.4, -0.2) is 40.5 Å². The number of sulfone groups is 1. The number of sulfonamides is 1. The molecule has 2 aromatic rings. The molecule has 6 atom stereocenters. The summed E-state index contributed by atoms with van der Waals surface area (Å²) in [5, 5.41) is -0.208. The summed E-state index contributed by atoms with van der Waals surface area (Å²) in [5.41, 5.74) is 0.0532. The van der Waals surface area contributed by atoms with Crippen molar-refractivity contribution >= 4 is 31.5 Å². The predicted molar refractivity (Wildman–Crippen MR) is 128 cm³/mol. The Bertz CT molecular complexity index is 1350. The third kappa shape index (κ3) is 4.36. The van der Waals surface area contributed by atoms with E-state index in [1.807, 2.05) is 0 Å². The van der Waals surface area contributed by atoms with Gasteiger partial charge < -0.3 is 4.74 Å². The third-order valence-electron chi connectivity index (χ3n) is 7.79. The van der Waals surface area contributed by atoms with Crippen LogP contribution in [0, 0.1) is 29.4 Å². The quantitative estimate of drug-likeness (QED) is 0.619. The van der Waals surface area contributed by atoms with Crippen LogP contribution < -0.4 is 9.46 Å². The van der Waals surface area contributed by atoms with Crippen LogP contribution in [0.25, 0.3) is 0 Å². The van der Waals surface area contributed by atoms with Gasteiger partial charge in [0, 0.05) is 28.5 Å². The van der Waals surface area contributed by atoms with E-state index in [0.29, 0.717) is 17.9 Å². The Balaban J connectivity index is 1.59. The topological polar surface area (TPSA) is 89.5 Å². The molecule has 0 spiro atoms. The number of benzene rings is 2. The zero-order valence-electron chi connectivity index (χ0n) is 19.0. The first-order valence-electron chi connectivity index (χ1n) is 11.6. The van der Waals surface area contributed by atoms with Gasteiger partial charge in [0.05, 0.1) is 22.5 Å². The maximum absolute atomic E-state index is 15.2. The fourth-order valence-corrected chi connectivity index (χ4v) is 9.79. The second kappa shape index (κ2) is 8.97. The first-order valence-corrected chi connectivity index (χ1v) is 15.2. The van der Waals surface area contributed by atoms with Gasteiger partial charge in [-0.1, -0.05) is 18.5 Å². The molecular weight excluding hydrogens is 520 g/mol. The zero-order valence-corrected chi connectivity index (χ0v) is 21.3. The van der Waals surface area contributed by atoms with Gasteiger partial charge in [-0.25, -0.2) is 30.3 Å². The van der Waals surface area contributed by atoms with Crippen LogP contribution >= 0.6 is 11.6 Å². The van der Waals surface area contributed by atoms with E-state index < -0.39 is 54.6 Å². The second-order valence-corrected chi connectivity index (χ2v) is 14.2. The van der Waals surface area contributed by atoms with Crippen molar-refractivity contribution in [3.8, 4) is 5.75 Å². The van der Waals surface area contributed by atoms with Gasteiger partial charge in [-0.2, -0.15) is 0 Å². The minimum atomic E-state index is -3.83. The lowest BCUT2D eigenvalue weighted by Crippen LogP contribution is -2.59. The predicted octanol–water partition coefficient (Wildman–Crippen LogP) is 4.29. The molecule has 0 aromatic heterocycles. The normalized spacial score (nSPS) is 31.5. The van der Waals surface area contributed by atoms with E-state index in [0.717, 1.165) is 12.1 Å². The van der Waals surface area contributed by atoms with Crippen LogP contribution in [0.2, 0.25) is 5.02 Å². The van der Waals surface area contributed by atoms with E-state index in [4.69, 9.17) is 16.3 Å². The summed E-state index contributed by atoms with van der Waals surface area (Å²) in [6.45, 7) is 1.86. The molecule has 5 rings (SSSR count). The van der Waals surface area contributed by atoms with Crippen LogP contribution in [0.4, 0.5) is 8.78 Å². The lowest BCUT2D eigenvalue weighted by molar-refractivity contribution is 0.0418. The van der Waals surface area contributed by atoms with E-state index >= 15 is 4.39 Å². The highest BCUT2D eigenvalue weighted by molar-refractivity contribution is 7.91. The van der Waals surface area contributed by atoms with E-state index in [9.17, 15) is 21.2 Å². The van der Waals surface area contributed by atoms with E-state index in [2.05, 4.69) is 4.72 Å². The Morgan fingerprint density at radius 3 is 2.43 bits per heavy atom. The van der Waals surface area contributed by atoms with Gasteiger partial charge in [0.2, 0.25) is 10.0 Å². The summed E-state index contributed by atoms with van der Waals surface area (Å²) in [6, 6.07) is 7.32. The minimum Gasteiger partial charge on any atom is -0.490 e. The number of hydrogen-bond donors (Lipinski definition) is 1. The van der Waals surface area contributed by atoms with Gasteiger partial charge in [0.25, 0.3) is 0 Å². The standard InChI is InChI=1S/C24H26ClF2NO5S2/c1-2-15-10-17-18-11-33-24-20(27)8-7-19(26)23(24)22(18)13(9-21(17)28-35(15,31)32)12-34(29,30)16-5-3-14(25)4-6-16/h3-8,13,15,17-18,21-22,28H,2,9-12H2,1H3/t13?,15-,17+,18+,21-,22?/m0/s1. The molecule has 35 heavy (non-hydrogen) atoms. The summed E-state index contributed by atoms with van der Waals surface area (Å²) < 4.78 is 90.5. The maximum atomic E-state index is 15.2. The molecule has 2 aliphatic heterocycles. The Kier molecular flexibility index (Phi) is 6.39. The summed E-state index contributed by atoms with van der Waals surface area (Å²) in [6.07, 6.45) is 0.985. The first kappa shape index (κ1) is 24.9. The number of rotatable bonds is 4. The van der Waals surface area contributed by atoms with Crippen LogP contribution in [0.1, 0.15) is 37.7 Å². The molecule has 0 amide bonds. The van der Waals surface area contributed by atoms with Crippen LogP contribution in [0.15, 0.2) is 41.3 Å². The van der Waals surface area contributed by atoms with E-state index in [1.165, 1.54) is 24.3 Å². The third-order valence-corrected chi connectivity index (χ3v) is 11.9. The monoisotopic (exact) mass is 545 g/mol. The molecule has 1 saturated carbocycles. The van der Waals surface area contributed by atoms with Crippen molar-refractivity contribution in [3.63, 3.8) is 0 Å². The number of fused-ring (bicyclic) bond motifs is 5. The Labute approximate surface area is 209 Å². The van der Waals surface area contributed by atoms with E-state index in [-0.39, 0.29) is 46.8 Å². The molecule has 1 saturated heterocycles. The van der Waals surface area contributed by atoms with Gasteiger partial charge >= 0.3 is 0 Å². The van der Waals surface area contributed by atoms with Crippen molar-refractivity contribution in [1.82, 2.24) is 4.72 Å².